The van der Waals surface area contributed by atoms with Crippen molar-refractivity contribution in [3.05, 3.63) is 35.4 Å². The Hall–Kier alpha value is -0.703. The zero-order chi connectivity index (χ0) is 20.0. The number of hydrogen-bond acceptors (Lipinski definition) is 0. The normalized spacial score (nSPS) is 31.1. The minimum absolute atomic E-state index is 0.696. The molecule has 158 valence electrons. The minimum Gasteiger partial charge on any atom is -0.204 e. The van der Waals surface area contributed by atoms with Crippen molar-refractivity contribution in [2.45, 2.75) is 102 Å². The Kier molecular flexibility index (Phi) is 8.14. The predicted octanol–water partition coefficient (Wildman–Crippen LogP) is 8.38. The van der Waals surface area contributed by atoms with E-state index >= 15 is 0 Å². The van der Waals surface area contributed by atoms with Crippen LogP contribution < -0.4 is 0 Å². The van der Waals surface area contributed by atoms with E-state index in [1.807, 2.05) is 0 Å². The molecule has 2 fully saturated rings. The third kappa shape index (κ3) is 6.15. The van der Waals surface area contributed by atoms with Crippen LogP contribution in [0.3, 0.4) is 0 Å². The molecule has 0 bridgehead atoms. The summed E-state index contributed by atoms with van der Waals surface area (Å²) in [5.74, 6) is 1.56. The van der Waals surface area contributed by atoms with Crippen LogP contribution in [0.4, 0.5) is 8.78 Å². The van der Waals surface area contributed by atoms with Gasteiger partial charge in [0.1, 0.15) is 0 Å². The van der Waals surface area contributed by atoms with E-state index < -0.39 is 19.7 Å². The van der Waals surface area contributed by atoms with Crippen LogP contribution in [0.25, 0.3) is 0 Å². The number of aryl methyl sites for hydroxylation is 1. The largest absolute Gasteiger partial charge is 0.204 e. The molecule has 2 aliphatic rings. The van der Waals surface area contributed by atoms with Gasteiger partial charge in [-0.3, -0.25) is 0 Å². The van der Waals surface area contributed by atoms with Crippen molar-refractivity contribution in [3.63, 3.8) is 0 Å². The average molecular weight is 407 g/mol. The lowest BCUT2D eigenvalue weighted by Crippen LogP contribution is -2.37. The highest BCUT2D eigenvalue weighted by atomic mass is 28.3. The van der Waals surface area contributed by atoms with Crippen LogP contribution in [0.2, 0.25) is 24.7 Å². The van der Waals surface area contributed by atoms with Crippen LogP contribution in [-0.4, -0.2) is 8.07 Å². The molecule has 0 unspecified atom stereocenters. The first-order valence-corrected chi connectivity index (χ1v) is 15.0. The second-order valence-electron chi connectivity index (χ2n) is 10.2. The van der Waals surface area contributed by atoms with Gasteiger partial charge >= 0.3 is 0 Å². The standard InChI is InChI=1S/C25H40F2Si/c1-3-4-5-6-20-7-10-22(11-8-20)23-14-17-28(2,18-15-23)16-13-21-9-12-24(26)25(27)19-21/h9,12,19-20,22-23H,3-8,10-11,13-18H2,1-2H3. The molecule has 1 saturated heterocycles. The lowest BCUT2D eigenvalue weighted by molar-refractivity contribution is 0.183. The van der Waals surface area contributed by atoms with E-state index in [0.29, 0.717) is 0 Å². The van der Waals surface area contributed by atoms with E-state index in [4.69, 9.17) is 0 Å². The lowest BCUT2D eigenvalue weighted by atomic mass is 9.73. The molecule has 0 N–H and O–H groups in total. The molecule has 0 spiro atoms. The average Bonchev–Trinajstić information content (AvgIpc) is 2.70. The highest BCUT2D eigenvalue weighted by molar-refractivity contribution is 6.78. The molecule has 0 radical (unpaired) electrons. The molecular formula is C25H40F2Si. The maximum atomic E-state index is 13.4. The van der Waals surface area contributed by atoms with Gasteiger partial charge in [-0.2, -0.15) is 0 Å². The van der Waals surface area contributed by atoms with E-state index in [1.54, 1.807) is 6.07 Å². The van der Waals surface area contributed by atoms with Crippen molar-refractivity contribution in [2.24, 2.45) is 17.8 Å². The molecule has 0 amide bonds. The molecule has 0 aromatic heterocycles. The first-order valence-electron chi connectivity index (χ1n) is 11.9. The Labute approximate surface area is 172 Å². The van der Waals surface area contributed by atoms with E-state index in [2.05, 4.69) is 13.5 Å². The fourth-order valence-corrected chi connectivity index (χ4v) is 9.61. The van der Waals surface area contributed by atoms with Crippen molar-refractivity contribution in [1.82, 2.24) is 0 Å². The van der Waals surface area contributed by atoms with Crippen LogP contribution in [0.5, 0.6) is 0 Å². The second kappa shape index (κ2) is 10.4. The van der Waals surface area contributed by atoms with Gasteiger partial charge in [0.05, 0.1) is 8.07 Å². The molecule has 3 heteroatoms. The van der Waals surface area contributed by atoms with E-state index in [1.165, 1.54) is 94.5 Å². The number of benzene rings is 1. The summed E-state index contributed by atoms with van der Waals surface area (Å²) in [4.78, 5) is 0. The number of rotatable bonds is 8. The zero-order valence-electron chi connectivity index (χ0n) is 18.1. The van der Waals surface area contributed by atoms with Gasteiger partial charge in [-0.25, -0.2) is 8.78 Å². The molecule has 1 aliphatic carbocycles. The molecule has 1 heterocycles. The Balaban J connectivity index is 1.39. The Morgan fingerprint density at radius 1 is 0.893 bits per heavy atom. The summed E-state index contributed by atoms with van der Waals surface area (Å²) < 4.78 is 26.6. The first-order chi connectivity index (χ1) is 13.5. The zero-order valence-corrected chi connectivity index (χ0v) is 19.1. The third-order valence-electron chi connectivity index (χ3n) is 8.01. The van der Waals surface area contributed by atoms with Gasteiger partial charge in [-0.05, 0) is 54.7 Å². The SMILES string of the molecule is CCCCCC1CCC(C2CC[Si](C)(CCc3ccc(F)c(F)c3)CC2)CC1. The van der Waals surface area contributed by atoms with E-state index in [0.717, 1.165) is 29.7 Å². The maximum absolute atomic E-state index is 13.4. The number of halogens is 2. The van der Waals surface area contributed by atoms with E-state index in [9.17, 15) is 8.78 Å². The molecule has 1 aromatic rings. The van der Waals surface area contributed by atoms with Gasteiger partial charge in [-0.1, -0.05) is 89.0 Å². The monoisotopic (exact) mass is 406 g/mol. The van der Waals surface area contributed by atoms with Crippen molar-refractivity contribution < 1.29 is 8.78 Å². The van der Waals surface area contributed by atoms with Gasteiger partial charge in [0.15, 0.2) is 11.6 Å². The summed E-state index contributed by atoms with van der Waals surface area (Å²) in [7, 11) is -1.21. The fraction of sp³-hybridized carbons (Fsp3) is 0.760. The second-order valence-corrected chi connectivity index (χ2v) is 15.3. The highest BCUT2D eigenvalue weighted by Gasteiger charge is 2.36. The van der Waals surface area contributed by atoms with Gasteiger partial charge < -0.3 is 0 Å². The molecular weight excluding hydrogens is 366 g/mol. The molecule has 0 nitrogen and oxygen atoms in total. The summed E-state index contributed by atoms with van der Waals surface area (Å²) in [6.07, 6.45) is 15.4. The molecule has 28 heavy (non-hydrogen) atoms. The number of unbranched alkanes of at least 4 members (excludes halogenated alkanes) is 2. The quantitative estimate of drug-likeness (QED) is 0.300. The summed E-state index contributed by atoms with van der Waals surface area (Å²) in [6.45, 7) is 4.85. The summed E-state index contributed by atoms with van der Waals surface area (Å²) in [6, 6.07) is 8.56. The Morgan fingerprint density at radius 2 is 1.57 bits per heavy atom. The minimum atomic E-state index is -1.21. The van der Waals surface area contributed by atoms with Gasteiger partial charge in [0.2, 0.25) is 0 Å². The summed E-state index contributed by atoms with van der Waals surface area (Å²) in [5, 5.41) is 0. The topological polar surface area (TPSA) is 0 Å². The maximum Gasteiger partial charge on any atom is 0.159 e. The van der Waals surface area contributed by atoms with Crippen molar-refractivity contribution in [2.75, 3.05) is 0 Å². The van der Waals surface area contributed by atoms with Crippen molar-refractivity contribution in [3.8, 4) is 0 Å². The molecule has 1 aliphatic heterocycles. The highest BCUT2D eigenvalue weighted by Crippen LogP contribution is 2.44. The fourth-order valence-electron chi connectivity index (χ4n) is 5.83. The summed E-state index contributed by atoms with van der Waals surface area (Å²) in [5.41, 5.74) is 0.969. The van der Waals surface area contributed by atoms with Crippen LogP contribution in [-0.2, 0) is 6.42 Å². The van der Waals surface area contributed by atoms with Gasteiger partial charge in [0.25, 0.3) is 0 Å². The molecule has 1 saturated carbocycles. The molecule has 1 aromatic carbocycles. The van der Waals surface area contributed by atoms with Crippen LogP contribution in [0.1, 0.15) is 76.7 Å². The van der Waals surface area contributed by atoms with Crippen LogP contribution >= 0.6 is 0 Å². The van der Waals surface area contributed by atoms with Gasteiger partial charge in [-0.15, -0.1) is 0 Å². The van der Waals surface area contributed by atoms with Crippen molar-refractivity contribution >= 4 is 8.07 Å². The first kappa shape index (κ1) is 22.0. The van der Waals surface area contributed by atoms with Gasteiger partial charge in [0, 0.05) is 0 Å². The molecule has 3 rings (SSSR count). The van der Waals surface area contributed by atoms with E-state index in [-0.39, 0.29) is 0 Å². The predicted molar refractivity (Wildman–Crippen MR) is 118 cm³/mol. The number of hydrogen-bond donors (Lipinski definition) is 0. The Morgan fingerprint density at radius 3 is 2.21 bits per heavy atom. The lowest BCUT2D eigenvalue weighted by Gasteiger charge is -2.41. The third-order valence-corrected chi connectivity index (χ3v) is 12.5. The smallest absolute Gasteiger partial charge is 0.159 e. The summed E-state index contributed by atoms with van der Waals surface area (Å²) >= 11 is 0. The van der Waals surface area contributed by atoms with Crippen LogP contribution in [0, 0.1) is 29.4 Å². The molecule has 0 atom stereocenters. The Bertz CT molecular complexity index is 599. The van der Waals surface area contributed by atoms with Crippen LogP contribution in [0.15, 0.2) is 18.2 Å². The van der Waals surface area contributed by atoms with Crippen molar-refractivity contribution in [1.29, 1.82) is 0 Å².